The number of aliphatic hydroxyl groups is 1. The second-order valence-electron chi connectivity index (χ2n) is 7.25. The molecular weight excluding hydrogens is 464 g/mol. The van der Waals surface area contributed by atoms with Gasteiger partial charge in [0.2, 0.25) is 5.91 Å². The summed E-state index contributed by atoms with van der Waals surface area (Å²) in [6, 6.07) is 5.86. The number of hydrogen-bond acceptors (Lipinski definition) is 9. The van der Waals surface area contributed by atoms with Crippen LogP contribution in [-0.2, 0) is 11.8 Å². The molecule has 0 aliphatic heterocycles. The Labute approximate surface area is 199 Å². The third-order valence-corrected chi connectivity index (χ3v) is 7.05. The number of aryl methyl sites for hydroxylation is 2. The van der Waals surface area contributed by atoms with Crippen LogP contribution < -0.4 is 15.4 Å². The fraction of sp³-hybridized carbons (Fsp3) is 0.381. The van der Waals surface area contributed by atoms with Crippen molar-refractivity contribution in [3.05, 3.63) is 46.2 Å². The van der Waals surface area contributed by atoms with Gasteiger partial charge in [-0.25, -0.2) is 4.98 Å². The summed E-state index contributed by atoms with van der Waals surface area (Å²) in [6.45, 7) is 5.24. The molecule has 3 N–H and O–H groups in total. The van der Waals surface area contributed by atoms with Crippen molar-refractivity contribution < 1.29 is 19.4 Å². The first-order chi connectivity index (χ1) is 15.7. The van der Waals surface area contributed by atoms with Crippen LogP contribution in [-0.4, -0.2) is 55.6 Å². The van der Waals surface area contributed by atoms with Crippen molar-refractivity contribution in [2.45, 2.75) is 37.2 Å². The van der Waals surface area contributed by atoms with E-state index in [0.717, 1.165) is 10.6 Å². The molecule has 10 nitrogen and oxygen atoms in total. The number of ether oxygens (including phenoxy) is 1. The number of hydrogen-bond donors (Lipinski definition) is 3. The molecule has 2 aromatic heterocycles. The van der Waals surface area contributed by atoms with Crippen molar-refractivity contribution in [1.29, 1.82) is 0 Å². The maximum atomic E-state index is 12.6. The Bertz CT molecular complexity index is 1110. The van der Waals surface area contributed by atoms with Crippen molar-refractivity contribution in [2.24, 2.45) is 7.05 Å². The van der Waals surface area contributed by atoms with Crippen molar-refractivity contribution in [3.8, 4) is 5.75 Å². The Hall–Kier alpha value is -2.96. The highest BCUT2D eigenvalue weighted by Gasteiger charge is 2.24. The highest BCUT2D eigenvalue weighted by molar-refractivity contribution is 8.00. The number of nitrogens with zero attached hydrogens (tertiary/aromatic N) is 4. The third-order valence-electron chi connectivity index (χ3n) is 4.93. The van der Waals surface area contributed by atoms with E-state index in [-0.39, 0.29) is 18.4 Å². The molecule has 176 valence electrons. The van der Waals surface area contributed by atoms with E-state index in [1.807, 2.05) is 13.8 Å². The monoisotopic (exact) mass is 490 g/mol. The van der Waals surface area contributed by atoms with Crippen LogP contribution >= 0.6 is 23.1 Å². The first kappa shape index (κ1) is 24.7. The minimum atomic E-state index is -0.767. The van der Waals surface area contributed by atoms with E-state index >= 15 is 0 Å². The Morgan fingerprint density at radius 1 is 1.24 bits per heavy atom. The van der Waals surface area contributed by atoms with Crippen molar-refractivity contribution in [1.82, 2.24) is 25.1 Å². The second-order valence-corrected chi connectivity index (χ2v) is 9.76. The van der Waals surface area contributed by atoms with Crippen LogP contribution in [0.25, 0.3) is 0 Å². The number of carbonyl (C=O) groups is 2. The summed E-state index contributed by atoms with van der Waals surface area (Å²) in [5, 5.41) is 24.3. The largest absolute Gasteiger partial charge is 0.497 e. The minimum absolute atomic E-state index is 0.204. The van der Waals surface area contributed by atoms with Crippen LogP contribution in [0.5, 0.6) is 5.75 Å². The summed E-state index contributed by atoms with van der Waals surface area (Å²) in [5.41, 5.74) is 1.31. The Balaban J connectivity index is 1.66. The van der Waals surface area contributed by atoms with Crippen molar-refractivity contribution in [3.63, 3.8) is 0 Å². The average molecular weight is 491 g/mol. The molecule has 2 heterocycles. The van der Waals surface area contributed by atoms with Gasteiger partial charge in [0.1, 0.15) is 11.8 Å². The van der Waals surface area contributed by atoms with E-state index in [0.29, 0.717) is 27.4 Å². The SMILES string of the molecule is COc1ccc(C(=O)N[C@H](CO)c2nnc(S[C@@H](C)C(=O)Nc3nc(C)c(C)s3)n2C)cc1. The van der Waals surface area contributed by atoms with Crippen LogP contribution in [0.15, 0.2) is 29.4 Å². The summed E-state index contributed by atoms with van der Waals surface area (Å²) in [7, 11) is 3.27. The summed E-state index contributed by atoms with van der Waals surface area (Å²) >= 11 is 2.65. The lowest BCUT2D eigenvalue weighted by Crippen LogP contribution is -2.32. The molecular formula is C21H26N6O4S2. The smallest absolute Gasteiger partial charge is 0.251 e. The molecule has 0 unspecified atom stereocenters. The molecule has 0 aliphatic rings. The van der Waals surface area contributed by atoms with Crippen LogP contribution in [0.4, 0.5) is 5.13 Å². The van der Waals surface area contributed by atoms with E-state index in [4.69, 9.17) is 4.74 Å². The molecule has 0 spiro atoms. The van der Waals surface area contributed by atoms with Gasteiger partial charge in [-0.2, -0.15) is 0 Å². The molecule has 0 saturated heterocycles. The summed E-state index contributed by atoms with van der Waals surface area (Å²) < 4.78 is 6.75. The van der Waals surface area contributed by atoms with Gasteiger partial charge in [-0.15, -0.1) is 21.5 Å². The molecule has 1 aromatic carbocycles. The topological polar surface area (TPSA) is 131 Å². The van der Waals surface area contributed by atoms with Gasteiger partial charge in [0, 0.05) is 17.5 Å². The standard InChI is InChI=1S/C21H26N6O4S2/c1-11-12(2)32-20(22-11)24-18(29)13(3)33-21-26-25-17(27(21)4)16(10-28)23-19(30)14-6-8-15(31-5)9-7-14/h6-9,13,16,28H,10H2,1-5H3,(H,23,30)(H,22,24,29)/t13-,16+/m0/s1. The van der Waals surface area contributed by atoms with Crippen molar-refractivity contribution in [2.75, 3.05) is 19.0 Å². The van der Waals surface area contributed by atoms with Crippen LogP contribution in [0.2, 0.25) is 0 Å². The van der Waals surface area contributed by atoms with Crippen molar-refractivity contribution >= 4 is 40.0 Å². The van der Waals surface area contributed by atoms with Gasteiger partial charge in [-0.1, -0.05) is 11.8 Å². The molecule has 0 bridgehead atoms. The van der Waals surface area contributed by atoms with E-state index < -0.39 is 11.3 Å². The van der Waals surface area contributed by atoms with E-state index in [1.165, 1.54) is 23.1 Å². The first-order valence-corrected chi connectivity index (χ1v) is 11.8. The van der Waals surface area contributed by atoms with Crippen LogP contribution in [0.1, 0.15) is 39.7 Å². The Kier molecular flexibility index (Phi) is 8.06. The summed E-state index contributed by atoms with van der Waals surface area (Å²) in [4.78, 5) is 30.5. The van der Waals surface area contributed by atoms with Crippen LogP contribution in [0.3, 0.4) is 0 Å². The molecule has 0 radical (unpaired) electrons. The maximum Gasteiger partial charge on any atom is 0.251 e. The highest BCUT2D eigenvalue weighted by atomic mass is 32.2. The lowest BCUT2D eigenvalue weighted by Gasteiger charge is -2.16. The fourth-order valence-electron chi connectivity index (χ4n) is 2.85. The lowest BCUT2D eigenvalue weighted by atomic mass is 10.2. The normalized spacial score (nSPS) is 12.8. The molecule has 2 atom stereocenters. The number of benzene rings is 1. The number of thioether (sulfide) groups is 1. The van der Waals surface area contributed by atoms with Gasteiger partial charge < -0.3 is 25.0 Å². The molecule has 0 fully saturated rings. The predicted octanol–water partition coefficient (Wildman–Crippen LogP) is 2.48. The summed E-state index contributed by atoms with van der Waals surface area (Å²) in [5.74, 6) is 0.444. The Morgan fingerprint density at radius 2 is 1.94 bits per heavy atom. The van der Waals surface area contributed by atoms with Gasteiger partial charge in [0.15, 0.2) is 16.1 Å². The zero-order chi connectivity index (χ0) is 24.1. The third kappa shape index (κ3) is 5.89. The number of amides is 2. The Morgan fingerprint density at radius 3 is 2.52 bits per heavy atom. The lowest BCUT2D eigenvalue weighted by molar-refractivity contribution is -0.115. The predicted molar refractivity (Wildman–Crippen MR) is 127 cm³/mol. The number of methoxy groups -OCH3 is 1. The maximum absolute atomic E-state index is 12.6. The van der Waals surface area contributed by atoms with Gasteiger partial charge in [0.25, 0.3) is 5.91 Å². The molecule has 2 amide bonds. The van der Waals surface area contributed by atoms with Gasteiger partial charge in [0.05, 0.1) is 24.7 Å². The zero-order valence-electron chi connectivity index (χ0n) is 18.9. The quantitative estimate of drug-likeness (QED) is 0.390. The number of aliphatic hydroxyl groups excluding tert-OH is 1. The number of nitrogens with one attached hydrogen (secondary N) is 2. The number of rotatable bonds is 9. The highest BCUT2D eigenvalue weighted by Crippen LogP contribution is 2.26. The van der Waals surface area contributed by atoms with Gasteiger partial charge in [-0.3, -0.25) is 9.59 Å². The average Bonchev–Trinajstić information content (AvgIpc) is 3.32. The molecule has 3 aromatic rings. The summed E-state index contributed by atoms with van der Waals surface area (Å²) in [6.07, 6.45) is 0. The zero-order valence-corrected chi connectivity index (χ0v) is 20.6. The molecule has 0 aliphatic carbocycles. The van der Waals surface area contributed by atoms with Gasteiger partial charge in [-0.05, 0) is 45.0 Å². The number of anilines is 1. The van der Waals surface area contributed by atoms with Crippen LogP contribution in [0, 0.1) is 13.8 Å². The number of aromatic nitrogens is 4. The number of carbonyl (C=O) groups excluding carboxylic acids is 2. The van der Waals surface area contributed by atoms with E-state index in [1.54, 1.807) is 49.9 Å². The first-order valence-electron chi connectivity index (χ1n) is 10.1. The van der Waals surface area contributed by atoms with E-state index in [2.05, 4.69) is 25.8 Å². The number of thiazole rings is 1. The second kappa shape index (κ2) is 10.8. The molecule has 33 heavy (non-hydrogen) atoms. The van der Waals surface area contributed by atoms with E-state index in [9.17, 15) is 14.7 Å². The molecule has 12 heteroatoms. The fourth-order valence-corrected chi connectivity index (χ4v) is 4.49. The minimum Gasteiger partial charge on any atom is -0.497 e. The molecule has 3 rings (SSSR count). The van der Waals surface area contributed by atoms with Gasteiger partial charge >= 0.3 is 0 Å². The molecule has 0 saturated carbocycles.